The predicted octanol–water partition coefficient (Wildman–Crippen LogP) is 1.25. The van der Waals surface area contributed by atoms with E-state index in [4.69, 9.17) is 4.74 Å². The fraction of sp³-hybridized carbons (Fsp3) is 0.400. The van der Waals surface area contributed by atoms with Crippen molar-refractivity contribution in [1.82, 2.24) is 15.5 Å². The van der Waals surface area contributed by atoms with Gasteiger partial charge in [-0.1, -0.05) is 11.3 Å². The van der Waals surface area contributed by atoms with Gasteiger partial charge in [0.15, 0.2) is 0 Å². The molecule has 1 aromatic heterocycles. The highest BCUT2D eigenvalue weighted by atomic mass is 32.1. The van der Waals surface area contributed by atoms with E-state index >= 15 is 0 Å². The first-order valence-electron chi connectivity index (χ1n) is 7.36. The van der Waals surface area contributed by atoms with E-state index in [0.717, 1.165) is 22.2 Å². The smallest absolute Gasteiger partial charge is 0.216 e. The number of phenolic OH excluding ortho intramolecular Hbond substituents is 1. The van der Waals surface area contributed by atoms with Gasteiger partial charge in [0.05, 0.1) is 12.7 Å². The molecule has 1 saturated heterocycles. The van der Waals surface area contributed by atoms with Crippen molar-refractivity contribution in [2.45, 2.75) is 13.0 Å². The summed E-state index contributed by atoms with van der Waals surface area (Å²) in [6, 6.07) is 6.90. The Balaban J connectivity index is 1.67. The van der Waals surface area contributed by atoms with Crippen LogP contribution in [0.4, 0.5) is 5.13 Å². The molecule has 1 aliphatic rings. The van der Waals surface area contributed by atoms with Crippen LogP contribution in [0, 0.1) is 0 Å². The van der Waals surface area contributed by atoms with Gasteiger partial charge in [-0.05, 0) is 24.3 Å². The number of morpholine rings is 1. The van der Waals surface area contributed by atoms with Crippen molar-refractivity contribution < 1.29 is 14.6 Å². The van der Waals surface area contributed by atoms with Crippen LogP contribution in [0.15, 0.2) is 24.3 Å². The molecule has 1 fully saturated rings. The predicted molar refractivity (Wildman–Crippen MR) is 87.6 cm³/mol. The Labute approximate surface area is 137 Å². The molecule has 122 valence electrons. The minimum absolute atomic E-state index is 0.0475. The second kappa shape index (κ2) is 6.93. The van der Waals surface area contributed by atoms with E-state index in [9.17, 15) is 9.90 Å². The fourth-order valence-electron chi connectivity index (χ4n) is 2.34. The Morgan fingerprint density at radius 1 is 1.43 bits per heavy atom. The summed E-state index contributed by atoms with van der Waals surface area (Å²) in [6.07, 6.45) is -0.0475. The minimum atomic E-state index is -0.0590. The second-order valence-corrected chi connectivity index (χ2v) is 6.27. The van der Waals surface area contributed by atoms with E-state index < -0.39 is 0 Å². The summed E-state index contributed by atoms with van der Waals surface area (Å²) in [5.74, 6) is 0.170. The lowest BCUT2D eigenvalue weighted by Crippen LogP contribution is -2.47. The van der Waals surface area contributed by atoms with Gasteiger partial charge in [0.1, 0.15) is 10.8 Å². The van der Waals surface area contributed by atoms with E-state index in [1.807, 2.05) is 12.1 Å². The Kier molecular flexibility index (Phi) is 4.73. The molecule has 2 N–H and O–H groups in total. The van der Waals surface area contributed by atoms with Crippen molar-refractivity contribution in [3.63, 3.8) is 0 Å². The molecule has 0 radical (unpaired) electrons. The van der Waals surface area contributed by atoms with E-state index in [-0.39, 0.29) is 17.8 Å². The number of ether oxygens (including phenoxy) is 1. The highest BCUT2D eigenvalue weighted by Gasteiger charge is 2.23. The van der Waals surface area contributed by atoms with Crippen molar-refractivity contribution in [3.8, 4) is 16.3 Å². The van der Waals surface area contributed by atoms with Gasteiger partial charge in [-0.2, -0.15) is 0 Å². The van der Waals surface area contributed by atoms with E-state index in [1.165, 1.54) is 18.3 Å². The highest BCUT2D eigenvalue weighted by Crippen LogP contribution is 2.30. The van der Waals surface area contributed by atoms with E-state index in [1.54, 1.807) is 12.1 Å². The molecule has 0 saturated carbocycles. The van der Waals surface area contributed by atoms with Gasteiger partial charge in [0.25, 0.3) is 0 Å². The van der Waals surface area contributed by atoms with Crippen molar-refractivity contribution in [2.75, 3.05) is 31.1 Å². The molecule has 2 heterocycles. The van der Waals surface area contributed by atoms with Gasteiger partial charge < -0.3 is 20.1 Å². The normalized spacial score (nSPS) is 18.0. The monoisotopic (exact) mass is 334 g/mol. The maximum atomic E-state index is 11.0. The molecule has 1 aliphatic heterocycles. The number of aromatic nitrogens is 2. The van der Waals surface area contributed by atoms with Gasteiger partial charge in [-0.15, -0.1) is 10.2 Å². The molecule has 2 aromatic rings. The Hall–Kier alpha value is -2.19. The van der Waals surface area contributed by atoms with Crippen LogP contribution >= 0.6 is 11.3 Å². The number of anilines is 1. The molecule has 7 nitrogen and oxygen atoms in total. The number of hydrogen-bond donors (Lipinski definition) is 2. The maximum absolute atomic E-state index is 11.0. The van der Waals surface area contributed by atoms with Gasteiger partial charge in [0.2, 0.25) is 11.0 Å². The van der Waals surface area contributed by atoms with Crippen LogP contribution in [0.1, 0.15) is 6.92 Å². The largest absolute Gasteiger partial charge is 0.508 e. The number of benzene rings is 1. The van der Waals surface area contributed by atoms with E-state index in [0.29, 0.717) is 19.7 Å². The number of amides is 1. The quantitative estimate of drug-likeness (QED) is 0.875. The number of hydrogen-bond acceptors (Lipinski definition) is 7. The average Bonchev–Trinajstić information content (AvgIpc) is 3.04. The molecule has 8 heteroatoms. The number of phenols is 1. The molecule has 0 aliphatic carbocycles. The number of nitrogens with one attached hydrogen (secondary N) is 1. The summed E-state index contributed by atoms with van der Waals surface area (Å²) < 4.78 is 5.66. The van der Waals surface area contributed by atoms with Crippen LogP contribution < -0.4 is 10.2 Å². The maximum Gasteiger partial charge on any atom is 0.216 e. The van der Waals surface area contributed by atoms with Crippen LogP contribution in [-0.2, 0) is 9.53 Å². The first-order chi connectivity index (χ1) is 11.1. The zero-order valence-corrected chi connectivity index (χ0v) is 13.5. The van der Waals surface area contributed by atoms with Crippen LogP contribution in [0.3, 0.4) is 0 Å². The zero-order valence-electron chi connectivity index (χ0n) is 12.7. The SMILES string of the molecule is CC(=O)NCC1CN(c2nnc(-c3ccc(O)cc3)s2)CCO1. The molecule has 3 rings (SSSR count). The van der Waals surface area contributed by atoms with Crippen molar-refractivity contribution in [3.05, 3.63) is 24.3 Å². The van der Waals surface area contributed by atoms with Gasteiger partial charge in [-0.25, -0.2) is 0 Å². The summed E-state index contributed by atoms with van der Waals surface area (Å²) in [6.45, 7) is 4.01. The first-order valence-corrected chi connectivity index (χ1v) is 8.17. The lowest BCUT2D eigenvalue weighted by Gasteiger charge is -2.32. The number of aromatic hydroxyl groups is 1. The van der Waals surface area contributed by atoms with E-state index in [2.05, 4.69) is 20.4 Å². The third kappa shape index (κ3) is 3.96. The molecule has 1 atom stereocenters. The molecular weight excluding hydrogens is 316 g/mol. The fourth-order valence-corrected chi connectivity index (χ4v) is 3.22. The highest BCUT2D eigenvalue weighted by molar-refractivity contribution is 7.18. The summed E-state index contributed by atoms with van der Waals surface area (Å²) in [5.41, 5.74) is 0.926. The van der Waals surface area contributed by atoms with Crippen LogP contribution in [0.25, 0.3) is 10.6 Å². The minimum Gasteiger partial charge on any atom is -0.508 e. The van der Waals surface area contributed by atoms with Gasteiger partial charge in [0, 0.05) is 32.1 Å². The number of rotatable bonds is 4. The van der Waals surface area contributed by atoms with Crippen LogP contribution in [0.2, 0.25) is 0 Å². The average molecular weight is 334 g/mol. The second-order valence-electron chi connectivity index (χ2n) is 5.31. The van der Waals surface area contributed by atoms with Crippen LogP contribution in [0.5, 0.6) is 5.75 Å². The standard InChI is InChI=1S/C15H18N4O3S/c1-10(20)16-8-13-9-19(6-7-22-13)15-18-17-14(23-15)11-2-4-12(21)5-3-11/h2-5,13,21H,6-9H2,1H3,(H,16,20). The number of nitrogens with zero attached hydrogens (tertiary/aromatic N) is 3. The molecule has 0 spiro atoms. The van der Waals surface area contributed by atoms with Crippen molar-refractivity contribution in [1.29, 1.82) is 0 Å². The third-order valence-electron chi connectivity index (χ3n) is 3.52. The number of carbonyl (C=O) groups excluding carboxylic acids is 1. The van der Waals surface area contributed by atoms with Crippen molar-refractivity contribution >= 4 is 22.4 Å². The number of carbonyl (C=O) groups is 1. The Morgan fingerprint density at radius 3 is 2.96 bits per heavy atom. The third-order valence-corrected chi connectivity index (χ3v) is 4.55. The molecule has 1 aromatic carbocycles. The molecule has 23 heavy (non-hydrogen) atoms. The first kappa shape index (κ1) is 15.7. The summed E-state index contributed by atoms with van der Waals surface area (Å²) in [7, 11) is 0. The summed E-state index contributed by atoms with van der Waals surface area (Å²) in [5, 5.41) is 22.3. The van der Waals surface area contributed by atoms with Gasteiger partial charge in [-0.3, -0.25) is 4.79 Å². The Bertz CT molecular complexity index is 674. The lowest BCUT2D eigenvalue weighted by atomic mass is 10.2. The summed E-state index contributed by atoms with van der Waals surface area (Å²) >= 11 is 1.50. The van der Waals surface area contributed by atoms with Gasteiger partial charge >= 0.3 is 0 Å². The lowest BCUT2D eigenvalue weighted by molar-refractivity contribution is -0.119. The van der Waals surface area contributed by atoms with Crippen molar-refractivity contribution in [2.24, 2.45) is 0 Å². The zero-order chi connectivity index (χ0) is 16.2. The molecular formula is C15H18N4O3S. The molecule has 0 bridgehead atoms. The summed E-state index contributed by atoms with van der Waals surface area (Å²) in [4.78, 5) is 13.1. The molecule has 1 unspecified atom stereocenters. The Morgan fingerprint density at radius 2 is 2.22 bits per heavy atom. The van der Waals surface area contributed by atoms with Crippen LogP contribution in [-0.4, -0.2) is 53.6 Å². The topological polar surface area (TPSA) is 87.6 Å². The molecule has 1 amide bonds.